The van der Waals surface area contributed by atoms with Crippen LogP contribution in [-0.2, 0) is 11.3 Å². The molecule has 2 fully saturated rings. The fourth-order valence-corrected chi connectivity index (χ4v) is 3.89. The minimum absolute atomic E-state index is 0.194. The van der Waals surface area contributed by atoms with Crippen LogP contribution in [0.3, 0.4) is 0 Å². The average Bonchev–Trinajstić information content (AvgIpc) is 2.64. The quantitative estimate of drug-likeness (QED) is 0.830. The predicted octanol–water partition coefficient (Wildman–Crippen LogP) is 3.31. The van der Waals surface area contributed by atoms with Gasteiger partial charge in [-0.05, 0) is 63.3 Å². The highest BCUT2D eigenvalue weighted by Gasteiger charge is 2.29. The fraction of sp³-hybridized carbons (Fsp3) is 0.650. The molecule has 0 radical (unpaired) electrons. The van der Waals surface area contributed by atoms with E-state index >= 15 is 0 Å². The molecule has 0 unspecified atom stereocenters. The predicted molar refractivity (Wildman–Crippen MR) is 96.0 cm³/mol. The smallest absolute Gasteiger partial charge is 0.226 e. The van der Waals surface area contributed by atoms with Crippen LogP contribution in [0.15, 0.2) is 24.3 Å². The van der Waals surface area contributed by atoms with Gasteiger partial charge in [0.1, 0.15) is 5.75 Å². The van der Waals surface area contributed by atoms with Crippen LogP contribution in [0.2, 0.25) is 0 Å². The average molecular weight is 330 g/mol. The maximum atomic E-state index is 12.8. The van der Waals surface area contributed by atoms with Crippen LogP contribution in [0.4, 0.5) is 0 Å². The number of hydrogen-bond donors (Lipinski definition) is 0. The SMILES string of the molecule is CCOc1ccc(CN2CCC[C@@H](C(=O)N3CCCCC3)C2)cc1. The van der Waals surface area contributed by atoms with Gasteiger partial charge in [0.05, 0.1) is 12.5 Å². The van der Waals surface area contributed by atoms with Crippen LogP contribution in [-0.4, -0.2) is 48.5 Å². The molecule has 2 aliphatic heterocycles. The van der Waals surface area contributed by atoms with Crippen LogP contribution in [0, 0.1) is 5.92 Å². The van der Waals surface area contributed by atoms with Gasteiger partial charge < -0.3 is 9.64 Å². The molecule has 1 atom stereocenters. The Balaban J connectivity index is 1.54. The molecule has 24 heavy (non-hydrogen) atoms. The van der Waals surface area contributed by atoms with E-state index in [0.29, 0.717) is 12.5 Å². The zero-order chi connectivity index (χ0) is 16.8. The van der Waals surface area contributed by atoms with Gasteiger partial charge in [0.2, 0.25) is 5.91 Å². The van der Waals surface area contributed by atoms with Crippen LogP contribution in [0.5, 0.6) is 5.75 Å². The summed E-state index contributed by atoms with van der Waals surface area (Å²) in [6, 6.07) is 8.36. The van der Waals surface area contributed by atoms with E-state index in [2.05, 4.69) is 21.9 Å². The lowest BCUT2D eigenvalue weighted by atomic mass is 9.95. The number of amides is 1. The Morgan fingerprint density at radius 1 is 1.08 bits per heavy atom. The normalized spacial score (nSPS) is 22.4. The van der Waals surface area contributed by atoms with Gasteiger partial charge in [-0.15, -0.1) is 0 Å². The largest absolute Gasteiger partial charge is 0.494 e. The third kappa shape index (κ3) is 4.50. The van der Waals surface area contributed by atoms with Crippen LogP contribution >= 0.6 is 0 Å². The lowest BCUT2D eigenvalue weighted by molar-refractivity contribution is -0.138. The summed E-state index contributed by atoms with van der Waals surface area (Å²) in [4.78, 5) is 17.3. The van der Waals surface area contributed by atoms with Crippen molar-refractivity contribution in [1.29, 1.82) is 0 Å². The molecule has 0 bridgehead atoms. The summed E-state index contributed by atoms with van der Waals surface area (Å²) < 4.78 is 5.50. The van der Waals surface area contributed by atoms with Gasteiger partial charge in [-0.1, -0.05) is 12.1 Å². The standard InChI is InChI=1S/C20H30N2O2/c1-2-24-19-10-8-17(9-11-19)15-21-12-6-7-18(16-21)20(23)22-13-4-3-5-14-22/h8-11,18H,2-7,12-16H2,1H3/t18-/m1/s1. The molecular weight excluding hydrogens is 300 g/mol. The minimum Gasteiger partial charge on any atom is -0.494 e. The van der Waals surface area contributed by atoms with Crippen LogP contribution < -0.4 is 4.74 Å². The van der Waals surface area contributed by atoms with E-state index in [1.807, 2.05) is 19.1 Å². The summed E-state index contributed by atoms with van der Waals surface area (Å²) in [5.41, 5.74) is 1.30. The highest BCUT2D eigenvalue weighted by atomic mass is 16.5. The Morgan fingerprint density at radius 2 is 1.83 bits per heavy atom. The van der Waals surface area contributed by atoms with Crippen molar-refractivity contribution in [2.45, 2.75) is 45.6 Å². The third-order valence-corrected chi connectivity index (χ3v) is 5.16. The molecule has 0 saturated carbocycles. The van der Waals surface area contributed by atoms with Crippen molar-refractivity contribution in [2.75, 3.05) is 32.8 Å². The minimum atomic E-state index is 0.194. The first-order valence-corrected chi connectivity index (χ1v) is 9.49. The highest BCUT2D eigenvalue weighted by molar-refractivity contribution is 5.79. The van der Waals surface area contributed by atoms with E-state index < -0.39 is 0 Å². The number of ether oxygens (including phenoxy) is 1. The second-order valence-corrected chi connectivity index (χ2v) is 7.04. The number of hydrogen-bond acceptors (Lipinski definition) is 3. The van der Waals surface area contributed by atoms with E-state index in [0.717, 1.165) is 51.3 Å². The molecule has 2 aliphatic rings. The number of carbonyl (C=O) groups excluding carboxylic acids is 1. The second-order valence-electron chi connectivity index (χ2n) is 7.04. The van der Waals surface area contributed by atoms with E-state index in [1.54, 1.807) is 0 Å². The Kier molecular flexibility index (Phi) is 6.13. The van der Waals surface area contributed by atoms with Crippen molar-refractivity contribution >= 4 is 5.91 Å². The Labute approximate surface area is 145 Å². The molecule has 3 rings (SSSR count). The number of likely N-dealkylation sites (tertiary alicyclic amines) is 2. The van der Waals surface area contributed by atoms with Crippen LogP contribution in [0.1, 0.15) is 44.6 Å². The maximum Gasteiger partial charge on any atom is 0.226 e. The first-order valence-electron chi connectivity index (χ1n) is 9.49. The molecule has 2 saturated heterocycles. The molecule has 0 aliphatic carbocycles. The van der Waals surface area contributed by atoms with Crippen molar-refractivity contribution in [3.05, 3.63) is 29.8 Å². The first kappa shape index (κ1) is 17.3. The summed E-state index contributed by atoms with van der Waals surface area (Å²) >= 11 is 0. The van der Waals surface area contributed by atoms with Crippen molar-refractivity contribution < 1.29 is 9.53 Å². The van der Waals surface area contributed by atoms with Crippen molar-refractivity contribution in [1.82, 2.24) is 9.80 Å². The molecule has 4 nitrogen and oxygen atoms in total. The van der Waals surface area contributed by atoms with Crippen LogP contribution in [0.25, 0.3) is 0 Å². The lowest BCUT2D eigenvalue weighted by Crippen LogP contribution is -2.46. The summed E-state index contributed by atoms with van der Waals surface area (Å²) in [6.07, 6.45) is 5.80. The Hall–Kier alpha value is -1.55. The van der Waals surface area contributed by atoms with Gasteiger partial charge in [0, 0.05) is 26.2 Å². The molecule has 1 amide bonds. The van der Waals surface area contributed by atoms with Crippen molar-refractivity contribution in [3.63, 3.8) is 0 Å². The van der Waals surface area contributed by atoms with E-state index in [9.17, 15) is 4.79 Å². The maximum absolute atomic E-state index is 12.8. The second kappa shape index (κ2) is 8.52. The molecule has 2 heterocycles. The molecule has 1 aromatic rings. The van der Waals surface area contributed by atoms with Gasteiger partial charge in [0.25, 0.3) is 0 Å². The van der Waals surface area contributed by atoms with E-state index in [4.69, 9.17) is 4.74 Å². The van der Waals surface area contributed by atoms with Gasteiger partial charge in [-0.3, -0.25) is 9.69 Å². The summed E-state index contributed by atoms with van der Waals surface area (Å²) in [5, 5.41) is 0. The number of benzene rings is 1. The van der Waals surface area contributed by atoms with E-state index in [-0.39, 0.29) is 5.92 Å². The summed E-state index contributed by atoms with van der Waals surface area (Å²) in [6.45, 7) is 7.56. The molecule has 132 valence electrons. The van der Waals surface area contributed by atoms with Gasteiger partial charge in [0.15, 0.2) is 0 Å². The fourth-order valence-electron chi connectivity index (χ4n) is 3.89. The third-order valence-electron chi connectivity index (χ3n) is 5.16. The Bertz CT molecular complexity index is 523. The number of rotatable bonds is 5. The zero-order valence-corrected chi connectivity index (χ0v) is 14.9. The van der Waals surface area contributed by atoms with Crippen molar-refractivity contribution in [3.8, 4) is 5.75 Å². The molecule has 1 aromatic carbocycles. The van der Waals surface area contributed by atoms with Gasteiger partial charge in [-0.2, -0.15) is 0 Å². The monoisotopic (exact) mass is 330 g/mol. The number of carbonyl (C=O) groups is 1. The van der Waals surface area contributed by atoms with Gasteiger partial charge >= 0.3 is 0 Å². The summed E-state index contributed by atoms with van der Waals surface area (Å²) in [7, 11) is 0. The zero-order valence-electron chi connectivity index (χ0n) is 14.9. The molecule has 0 spiro atoms. The molecule has 0 N–H and O–H groups in total. The first-order chi connectivity index (χ1) is 11.8. The molecule has 0 aromatic heterocycles. The molecule has 4 heteroatoms. The molecular formula is C20H30N2O2. The number of nitrogens with zero attached hydrogens (tertiary/aromatic N) is 2. The van der Waals surface area contributed by atoms with E-state index in [1.165, 1.54) is 24.8 Å². The van der Waals surface area contributed by atoms with Crippen molar-refractivity contribution in [2.24, 2.45) is 5.92 Å². The van der Waals surface area contributed by atoms with Gasteiger partial charge in [-0.25, -0.2) is 0 Å². The highest BCUT2D eigenvalue weighted by Crippen LogP contribution is 2.23. The lowest BCUT2D eigenvalue weighted by Gasteiger charge is -2.36. The Morgan fingerprint density at radius 3 is 2.54 bits per heavy atom. The summed E-state index contributed by atoms with van der Waals surface area (Å²) in [5.74, 6) is 1.52. The number of piperidine rings is 2. The topological polar surface area (TPSA) is 32.8 Å².